The fourth-order valence-corrected chi connectivity index (χ4v) is 3.52. The van der Waals surface area contributed by atoms with Crippen LogP contribution in [-0.4, -0.2) is 43.8 Å². The standard InChI is InChI=1S/C21H18F3N5O/c22-21(23,24)16-3-1-2-15(10-16)18-12-26-11-17(28-18)14-4-8-29(9-5-14)20(30)19-13-25-6-7-27-19/h1-3,6-7,10-14H,4-5,8-9H2. The summed E-state index contributed by atoms with van der Waals surface area (Å²) >= 11 is 0. The molecule has 1 aliphatic rings. The number of aromatic nitrogens is 4. The number of piperidine rings is 1. The number of hydrogen-bond donors (Lipinski definition) is 0. The SMILES string of the molecule is O=C(c1cnccn1)N1CCC(c2cncc(-c3cccc(C(F)(F)F)c3)n2)CC1. The smallest absolute Gasteiger partial charge is 0.337 e. The molecule has 6 nitrogen and oxygen atoms in total. The van der Waals surface area contributed by atoms with Crippen LogP contribution < -0.4 is 0 Å². The first-order valence-corrected chi connectivity index (χ1v) is 9.46. The van der Waals surface area contributed by atoms with E-state index in [1.165, 1.54) is 30.9 Å². The average molecular weight is 413 g/mol. The molecule has 1 saturated heterocycles. The summed E-state index contributed by atoms with van der Waals surface area (Å²) in [5.41, 5.74) is 1.08. The fraction of sp³-hybridized carbons (Fsp3) is 0.286. The van der Waals surface area contributed by atoms with Crippen LogP contribution in [0.2, 0.25) is 0 Å². The number of benzene rings is 1. The summed E-state index contributed by atoms with van der Waals surface area (Å²) in [6, 6.07) is 5.06. The van der Waals surface area contributed by atoms with Crippen molar-refractivity contribution in [3.63, 3.8) is 0 Å². The van der Waals surface area contributed by atoms with Crippen molar-refractivity contribution in [1.82, 2.24) is 24.8 Å². The van der Waals surface area contributed by atoms with Crippen molar-refractivity contribution in [2.75, 3.05) is 13.1 Å². The van der Waals surface area contributed by atoms with Gasteiger partial charge in [0.05, 0.1) is 29.3 Å². The molecule has 9 heteroatoms. The topological polar surface area (TPSA) is 71.9 Å². The molecule has 0 aliphatic carbocycles. The molecule has 1 amide bonds. The minimum absolute atomic E-state index is 0.0779. The van der Waals surface area contributed by atoms with Crippen LogP contribution in [0.25, 0.3) is 11.3 Å². The monoisotopic (exact) mass is 413 g/mol. The molecule has 2 aromatic heterocycles. The van der Waals surface area contributed by atoms with Gasteiger partial charge in [-0.1, -0.05) is 12.1 Å². The maximum Gasteiger partial charge on any atom is 0.416 e. The van der Waals surface area contributed by atoms with E-state index >= 15 is 0 Å². The van der Waals surface area contributed by atoms with Crippen LogP contribution in [0, 0.1) is 0 Å². The molecule has 0 atom stereocenters. The van der Waals surface area contributed by atoms with E-state index in [2.05, 4.69) is 19.9 Å². The molecule has 1 aromatic carbocycles. The van der Waals surface area contributed by atoms with Crippen molar-refractivity contribution in [3.05, 3.63) is 72.2 Å². The highest BCUT2D eigenvalue weighted by atomic mass is 19.4. The summed E-state index contributed by atoms with van der Waals surface area (Å²) in [4.78, 5) is 30.9. The lowest BCUT2D eigenvalue weighted by molar-refractivity contribution is -0.137. The zero-order valence-electron chi connectivity index (χ0n) is 15.9. The first-order chi connectivity index (χ1) is 14.4. The zero-order valence-corrected chi connectivity index (χ0v) is 15.9. The van der Waals surface area contributed by atoms with Crippen LogP contribution in [-0.2, 0) is 6.18 Å². The number of likely N-dealkylation sites (tertiary alicyclic amines) is 1. The molecule has 0 spiro atoms. The quantitative estimate of drug-likeness (QED) is 0.650. The highest BCUT2D eigenvalue weighted by Crippen LogP contribution is 2.32. The summed E-state index contributed by atoms with van der Waals surface area (Å²) in [5.74, 6) is -0.0838. The van der Waals surface area contributed by atoms with Gasteiger partial charge in [-0.05, 0) is 25.0 Å². The third kappa shape index (κ3) is 4.29. The van der Waals surface area contributed by atoms with Gasteiger partial charge >= 0.3 is 6.18 Å². The van der Waals surface area contributed by atoms with Gasteiger partial charge in [0, 0.05) is 43.2 Å². The zero-order chi connectivity index (χ0) is 21.1. The van der Waals surface area contributed by atoms with Crippen molar-refractivity contribution in [2.45, 2.75) is 24.9 Å². The molecular formula is C21H18F3N5O. The summed E-state index contributed by atoms with van der Waals surface area (Å²) in [6.45, 7) is 1.07. The Labute approximate surface area is 170 Å². The highest BCUT2D eigenvalue weighted by molar-refractivity contribution is 5.92. The summed E-state index contributed by atoms with van der Waals surface area (Å²) < 4.78 is 39.0. The molecule has 1 aliphatic heterocycles. The number of halogens is 3. The van der Waals surface area contributed by atoms with Crippen LogP contribution in [0.15, 0.2) is 55.2 Å². The van der Waals surface area contributed by atoms with Gasteiger partial charge in [0.15, 0.2) is 0 Å². The molecule has 4 rings (SSSR count). The predicted octanol–water partition coefficient (Wildman–Crippen LogP) is 3.97. The second-order valence-corrected chi connectivity index (χ2v) is 7.06. The first-order valence-electron chi connectivity index (χ1n) is 9.46. The second-order valence-electron chi connectivity index (χ2n) is 7.06. The van der Waals surface area contributed by atoms with Crippen molar-refractivity contribution in [3.8, 4) is 11.3 Å². The molecule has 3 heterocycles. The van der Waals surface area contributed by atoms with E-state index in [1.54, 1.807) is 17.2 Å². The molecule has 3 aromatic rings. The summed E-state index contributed by atoms with van der Waals surface area (Å²) in [6.07, 6.45) is 4.50. The Hall–Kier alpha value is -3.36. The third-order valence-corrected chi connectivity index (χ3v) is 5.12. The molecule has 1 fully saturated rings. The maximum atomic E-state index is 13.0. The van der Waals surface area contributed by atoms with Crippen molar-refractivity contribution >= 4 is 5.91 Å². The molecule has 0 radical (unpaired) electrons. The molecule has 0 unspecified atom stereocenters. The van der Waals surface area contributed by atoms with Gasteiger partial charge in [-0.3, -0.25) is 14.8 Å². The van der Waals surface area contributed by atoms with Gasteiger partial charge in [0.1, 0.15) is 5.69 Å². The Morgan fingerprint density at radius 3 is 2.53 bits per heavy atom. The van der Waals surface area contributed by atoms with E-state index in [0.717, 1.165) is 17.8 Å². The number of carbonyl (C=O) groups excluding carboxylic acids is 1. The van der Waals surface area contributed by atoms with Gasteiger partial charge in [0.2, 0.25) is 0 Å². The Balaban J connectivity index is 1.47. The minimum Gasteiger partial charge on any atom is -0.337 e. The summed E-state index contributed by atoms with van der Waals surface area (Å²) in [5, 5.41) is 0. The Bertz CT molecular complexity index is 1030. The Morgan fingerprint density at radius 2 is 1.83 bits per heavy atom. The number of nitrogens with zero attached hydrogens (tertiary/aromatic N) is 5. The number of carbonyl (C=O) groups is 1. The largest absolute Gasteiger partial charge is 0.416 e. The minimum atomic E-state index is -4.41. The van der Waals surface area contributed by atoms with Gasteiger partial charge in [-0.15, -0.1) is 0 Å². The van der Waals surface area contributed by atoms with Gasteiger partial charge in [-0.2, -0.15) is 13.2 Å². The Morgan fingerprint density at radius 1 is 1.03 bits per heavy atom. The van der Waals surface area contributed by atoms with Crippen LogP contribution in [0.3, 0.4) is 0 Å². The highest BCUT2D eigenvalue weighted by Gasteiger charge is 2.31. The average Bonchev–Trinajstić information content (AvgIpc) is 2.79. The van der Waals surface area contributed by atoms with Crippen LogP contribution in [0.4, 0.5) is 13.2 Å². The van der Waals surface area contributed by atoms with Crippen molar-refractivity contribution in [1.29, 1.82) is 0 Å². The van der Waals surface area contributed by atoms with Crippen LogP contribution in [0.5, 0.6) is 0 Å². The van der Waals surface area contributed by atoms with Gasteiger partial charge < -0.3 is 4.90 Å². The summed E-state index contributed by atoms with van der Waals surface area (Å²) in [7, 11) is 0. The lowest BCUT2D eigenvalue weighted by Gasteiger charge is -2.31. The number of rotatable bonds is 3. The van der Waals surface area contributed by atoms with Crippen LogP contribution in [0.1, 0.15) is 40.5 Å². The predicted molar refractivity (Wildman–Crippen MR) is 102 cm³/mol. The lowest BCUT2D eigenvalue weighted by Crippen LogP contribution is -2.38. The molecule has 0 N–H and O–H groups in total. The molecular weight excluding hydrogens is 395 g/mol. The number of alkyl halides is 3. The molecule has 0 bridgehead atoms. The lowest BCUT2D eigenvalue weighted by atomic mass is 9.93. The molecule has 0 saturated carbocycles. The van der Waals surface area contributed by atoms with E-state index in [4.69, 9.17) is 0 Å². The maximum absolute atomic E-state index is 13.0. The number of hydrogen-bond acceptors (Lipinski definition) is 5. The van der Waals surface area contributed by atoms with E-state index in [-0.39, 0.29) is 11.8 Å². The van der Waals surface area contributed by atoms with E-state index < -0.39 is 11.7 Å². The number of amides is 1. The van der Waals surface area contributed by atoms with E-state index in [1.807, 2.05) is 0 Å². The molecule has 154 valence electrons. The molecule has 30 heavy (non-hydrogen) atoms. The van der Waals surface area contributed by atoms with Crippen molar-refractivity contribution in [2.24, 2.45) is 0 Å². The van der Waals surface area contributed by atoms with Crippen LogP contribution >= 0.6 is 0 Å². The van der Waals surface area contributed by atoms with Gasteiger partial charge in [0.25, 0.3) is 5.91 Å². The van der Waals surface area contributed by atoms with Crippen molar-refractivity contribution < 1.29 is 18.0 Å². The third-order valence-electron chi connectivity index (χ3n) is 5.12. The normalized spacial score (nSPS) is 15.2. The van der Waals surface area contributed by atoms with E-state index in [9.17, 15) is 18.0 Å². The second kappa shape index (κ2) is 8.17. The fourth-order valence-electron chi connectivity index (χ4n) is 3.52. The van der Waals surface area contributed by atoms with Gasteiger partial charge in [-0.25, -0.2) is 9.97 Å². The first kappa shape index (κ1) is 19.9. The van der Waals surface area contributed by atoms with E-state index in [0.29, 0.717) is 42.9 Å². The Kier molecular flexibility index (Phi) is 5.43.